The van der Waals surface area contributed by atoms with Crippen LogP contribution in [0.4, 0.5) is 0 Å². The van der Waals surface area contributed by atoms with Crippen LogP contribution in [0.2, 0.25) is 0 Å². The Balaban J connectivity index is 1.49. The second-order valence-corrected chi connectivity index (χ2v) is 8.59. The number of benzene rings is 2. The van der Waals surface area contributed by atoms with E-state index in [1.54, 1.807) is 6.07 Å². The van der Waals surface area contributed by atoms with E-state index in [1.165, 1.54) is 0 Å². The molecule has 0 amide bonds. The standard InChI is InChI=1S/C25H27N3O2/c1-2-17-11-19-21(13-26)28-20(25(17)27-19)12-18-9-6-10-23(29)24(18)22(28)15-30-14-16-7-4-3-5-8-16/h2-10,17,19-22,25,27,29H,1,11-12,14-15H2/t17-,19+,20+,21+,22+,25-/m1/s1. The number of hydrogen-bond donors (Lipinski definition) is 2. The zero-order chi connectivity index (χ0) is 20.7. The van der Waals surface area contributed by atoms with Crippen molar-refractivity contribution in [1.82, 2.24) is 10.2 Å². The Hall–Kier alpha value is -2.65. The van der Waals surface area contributed by atoms with Crippen molar-refractivity contribution in [3.05, 3.63) is 77.9 Å². The molecular formula is C25H27N3O2. The lowest BCUT2D eigenvalue weighted by Gasteiger charge is -2.51. The molecule has 0 saturated carbocycles. The summed E-state index contributed by atoms with van der Waals surface area (Å²) in [6.45, 7) is 4.99. The van der Waals surface area contributed by atoms with Gasteiger partial charge in [-0.2, -0.15) is 5.26 Å². The summed E-state index contributed by atoms with van der Waals surface area (Å²) in [5.74, 6) is 0.646. The van der Waals surface area contributed by atoms with Gasteiger partial charge in [0, 0.05) is 23.7 Å². The Kier molecular flexibility index (Phi) is 5.08. The monoisotopic (exact) mass is 401 g/mol. The lowest BCUT2D eigenvalue weighted by atomic mass is 9.81. The highest BCUT2D eigenvalue weighted by molar-refractivity contribution is 5.45. The van der Waals surface area contributed by atoms with Crippen molar-refractivity contribution in [1.29, 1.82) is 5.26 Å². The van der Waals surface area contributed by atoms with Crippen molar-refractivity contribution >= 4 is 0 Å². The molecule has 5 heteroatoms. The number of nitrogens with zero attached hydrogens (tertiary/aromatic N) is 2. The molecule has 2 aromatic rings. The van der Waals surface area contributed by atoms with Crippen LogP contribution in [0.1, 0.15) is 29.2 Å². The van der Waals surface area contributed by atoms with Gasteiger partial charge in [0.05, 0.1) is 25.3 Å². The Morgan fingerprint density at radius 2 is 2.07 bits per heavy atom. The van der Waals surface area contributed by atoms with Gasteiger partial charge in [-0.05, 0) is 36.0 Å². The topological polar surface area (TPSA) is 68.5 Å². The Morgan fingerprint density at radius 3 is 2.83 bits per heavy atom. The normalized spacial score (nSPS) is 32.1. The van der Waals surface area contributed by atoms with Crippen LogP contribution in [0.25, 0.3) is 0 Å². The Morgan fingerprint density at radius 1 is 1.23 bits per heavy atom. The van der Waals surface area contributed by atoms with Crippen LogP contribution < -0.4 is 5.32 Å². The number of fused-ring (bicyclic) bond motifs is 5. The van der Waals surface area contributed by atoms with Gasteiger partial charge in [-0.3, -0.25) is 4.90 Å². The van der Waals surface area contributed by atoms with Crippen molar-refractivity contribution in [2.45, 2.75) is 49.7 Å². The molecular weight excluding hydrogens is 374 g/mol. The Labute approximate surface area is 177 Å². The number of phenolic OH excluding ortho intramolecular Hbond substituents is 1. The van der Waals surface area contributed by atoms with Crippen molar-refractivity contribution < 1.29 is 9.84 Å². The maximum Gasteiger partial charge on any atom is 0.120 e. The summed E-state index contributed by atoms with van der Waals surface area (Å²) >= 11 is 0. The first-order valence-corrected chi connectivity index (χ1v) is 10.7. The number of hydrogen-bond acceptors (Lipinski definition) is 5. The molecule has 6 atom stereocenters. The predicted molar refractivity (Wildman–Crippen MR) is 115 cm³/mol. The Bertz CT molecular complexity index is 970. The van der Waals surface area contributed by atoms with E-state index in [2.05, 4.69) is 28.9 Å². The number of piperazine rings is 1. The average Bonchev–Trinajstić information content (AvgIpc) is 3.14. The molecule has 0 spiro atoms. The van der Waals surface area contributed by atoms with Gasteiger partial charge >= 0.3 is 0 Å². The van der Waals surface area contributed by atoms with Gasteiger partial charge in [0.25, 0.3) is 0 Å². The first-order chi connectivity index (χ1) is 14.7. The van der Waals surface area contributed by atoms with Gasteiger partial charge in [-0.15, -0.1) is 6.58 Å². The van der Waals surface area contributed by atoms with Gasteiger partial charge in [-0.1, -0.05) is 48.5 Å². The third-order valence-corrected chi connectivity index (χ3v) is 7.01. The molecule has 5 rings (SSSR count). The van der Waals surface area contributed by atoms with Gasteiger partial charge in [0.1, 0.15) is 11.8 Å². The molecule has 2 bridgehead atoms. The van der Waals surface area contributed by atoms with E-state index in [0.717, 1.165) is 29.5 Å². The summed E-state index contributed by atoms with van der Waals surface area (Å²) in [4.78, 5) is 2.32. The van der Waals surface area contributed by atoms with E-state index in [1.807, 2.05) is 42.5 Å². The highest BCUT2D eigenvalue weighted by Crippen LogP contribution is 2.46. The van der Waals surface area contributed by atoms with Gasteiger partial charge in [0.15, 0.2) is 0 Å². The largest absolute Gasteiger partial charge is 0.508 e. The summed E-state index contributed by atoms with van der Waals surface area (Å²) in [5.41, 5.74) is 3.18. The first kappa shape index (κ1) is 19.3. The molecule has 0 radical (unpaired) electrons. The van der Waals surface area contributed by atoms with Crippen molar-refractivity contribution in [2.75, 3.05) is 6.61 Å². The molecule has 154 valence electrons. The molecule has 2 aromatic carbocycles. The van der Waals surface area contributed by atoms with Crippen molar-refractivity contribution in [3.8, 4) is 11.8 Å². The SMILES string of the molecule is C=C[C@@H]1C[C@@H]2N[C@H]1[C@@H]1Cc3cccc(O)c3[C@H](COCc3ccccc3)N1[C@H]2C#N. The second-order valence-electron chi connectivity index (χ2n) is 8.59. The number of nitriles is 1. The molecule has 3 aliphatic rings. The van der Waals surface area contributed by atoms with Gasteiger partial charge in [0.2, 0.25) is 0 Å². The van der Waals surface area contributed by atoms with Crippen LogP contribution in [0.5, 0.6) is 5.75 Å². The molecule has 3 heterocycles. The van der Waals surface area contributed by atoms with E-state index in [9.17, 15) is 10.4 Å². The minimum Gasteiger partial charge on any atom is -0.508 e. The minimum atomic E-state index is -0.255. The lowest BCUT2D eigenvalue weighted by molar-refractivity contribution is -0.0222. The molecule has 2 fully saturated rings. The number of phenols is 1. The third-order valence-electron chi connectivity index (χ3n) is 7.01. The van der Waals surface area contributed by atoms with Gasteiger partial charge in [-0.25, -0.2) is 0 Å². The van der Waals surface area contributed by atoms with E-state index in [4.69, 9.17) is 4.74 Å². The fraction of sp³-hybridized carbons (Fsp3) is 0.400. The molecule has 5 nitrogen and oxygen atoms in total. The molecule has 30 heavy (non-hydrogen) atoms. The predicted octanol–water partition coefficient (Wildman–Crippen LogP) is 3.32. The molecule has 0 unspecified atom stereocenters. The quantitative estimate of drug-likeness (QED) is 0.753. The fourth-order valence-electron chi connectivity index (χ4n) is 5.72. The van der Waals surface area contributed by atoms with E-state index >= 15 is 0 Å². The van der Waals surface area contributed by atoms with Crippen LogP contribution in [0, 0.1) is 17.2 Å². The maximum atomic E-state index is 10.7. The average molecular weight is 402 g/mol. The van der Waals surface area contributed by atoms with E-state index in [-0.39, 0.29) is 30.2 Å². The maximum absolute atomic E-state index is 10.7. The molecule has 2 saturated heterocycles. The summed E-state index contributed by atoms with van der Waals surface area (Å²) in [6.07, 6.45) is 3.78. The molecule has 0 aromatic heterocycles. The zero-order valence-corrected chi connectivity index (χ0v) is 16.9. The summed E-state index contributed by atoms with van der Waals surface area (Å²) in [5, 5.41) is 24.5. The van der Waals surface area contributed by atoms with E-state index < -0.39 is 0 Å². The summed E-state index contributed by atoms with van der Waals surface area (Å²) in [7, 11) is 0. The third kappa shape index (κ3) is 3.13. The molecule has 0 aliphatic carbocycles. The highest BCUT2D eigenvalue weighted by Gasteiger charge is 2.54. The smallest absolute Gasteiger partial charge is 0.120 e. The van der Waals surface area contributed by atoms with Crippen molar-refractivity contribution in [3.63, 3.8) is 0 Å². The minimum absolute atomic E-state index is 0.114. The number of aromatic hydroxyl groups is 1. The van der Waals surface area contributed by atoms with Crippen LogP contribution >= 0.6 is 0 Å². The number of rotatable bonds is 5. The van der Waals surface area contributed by atoms with E-state index in [0.29, 0.717) is 24.9 Å². The summed E-state index contributed by atoms with van der Waals surface area (Å²) in [6, 6.07) is 18.6. The molecule has 2 N–H and O–H groups in total. The number of ether oxygens (including phenoxy) is 1. The zero-order valence-electron chi connectivity index (χ0n) is 16.9. The highest BCUT2D eigenvalue weighted by atomic mass is 16.5. The van der Waals surface area contributed by atoms with Crippen LogP contribution in [0.3, 0.4) is 0 Å². The van der Waals surface area contributed by atoms with Crippen LogP contribution in [-0.2, 0) is 17.8 Å². The fourth-order valence-corrected chi connectivity index (χ4v) is 5.72. The van der Waals surface area contributed by atoms with Crippen molar-refractivity contribution in [2.24, 2.45) is 5.92 Å². The first-order valence-electron chi connectivity index (χ1n) is 10.7. The summed E-state index contributed by atoms with van der Waals surface area (Å²) < 4.78 is 6.15. The second kappa shape index (κ2) is 7.88. The van der Waals surface area contributed by atoms with Gasteiger partial charge < -0.3 is 15.2 Å². The van der Waals surface area contributed by atoms with Crippen LogP contribution in [0.15, 0.2) is 61.2 Å². The molecule has 3 aliphatic heterocycles. The van der Waals surface area contributed by atoms with Crippen LogP contribution in [-0.4, -0.2) is 40.8 Å². The number of nitrogens with one attached hydrogen (secondary N) is 1. The lowest BCUT2D eigenvalue weighted by Crippen LogP contribution is -2.66.